The fraction of sp³-hybridized carbons (Fsp3) is 0.387. The van der Waals surface area contributed by atoms with Crippen LogP contribution >= 0.6 is 0 Å². The molecule has 1 aliphatic heterocycles. The Bertz CT molecular complexity index is 1200. The van der Waals surface area contributed by atoms with Gasteiger partial charge >= 0.3 is 6.03 Å². The summed E-state index contributed by atoms with van der Waals surface area (Å²) in [6, 6.07) is 20.4. The van der Waals surface area contributed by atoms with Gasteiger partial charge < -0.3 is 10.4 Å². The summed E-state index contributed by atoms with van der Waals surface area (Å²) in [5, 5.41) is 14.2. The lowest BCUT2D eigenvalue weighted by Crippen LogP contribution is -2.33. The van der Waals surface area contributed by atoms with Crippen molar-refractivity contribution in [2.45, 2.75) is 71.6 Å². The van der Waals surface area contributed by atoms with E-state index >= 15 is 0 Å². The van der Waals surface area contributed by atoms with E-state index in [1.54, 1.807) is 0 Å². The Morgan fingerprint density at radius 1 is 0.886 bits per heavy atom. The number of carbonyl (C=O) groups is 1. The third-order valence-corrected chi connectivity index (χ3v) is 6.86. The molecule has 3 aromatic carbocycles. The third kappa shape index (κ3) is 5.37. The van der Waals surface area contributed by atoms with Gasteiger partial charge in [0.1, 0.15) is 5.75 Å². The molecule has 0 fully saturated rings. The van der Waals surface area contributed by atoms with Gasteiger partial charge in [-0.25, -0.2) is 4.79 Å². The van der Waals surface area contributed by atoms with E-state index in [-0.39, 0.29) is 16.9 Å². The number of fused-ring (bicyclic) bond motifs is 1. The first kappa shape index (κ1) is 24.8. The number of phenols is 1. The monoisotopic (exact) mass is 470 g/mol. The number of amides is 2. The molecule has 0 unspecified atom stereocenters. The number of phenolic OH excluding ortho intramolecular Hbond substituents is 1. The molecule has 1 aliphatic rings. The lowest BCUT2D eigenvalue weighted by Gasteiger charge is -2.28. The van der Waals surface area contributed by atoms with E-state index in [9.17, 15) is 9.90 Å². The van der Waals surface area contributed by atoms with Crippen molar-refractivity contribution in [1.29, 1.82) is 0 Å². The highest BCUT2D eigenvalue weighted by atomic mass is 16.3. The van der Waals surface area contributed by atoms with Crippen LogP contribution in [-0.2, 0) is 30.1 Å². The summed E-state index contributed by atoms with van der Waals surface area (Å²) in [6.45, 7) is 13.5. The second kappa shape index (κ2) is 9.41. The van der Waals surface area contributed by atoms with Gasteiger partial charge in [-0.05, 0) is 70.0 Å². The number of benzene rings is 3. The Morgan fingerprint density at radius 2 is 1.49 bits per heavy atom. The van der Waals surface area contributed by atoms with Gasteiger partial charge in [0, 0.05) is 17.9 Å². The van der Waals surface area contributed by atoms with E-state index in [1.807, 2.05) is 41.3 Å². The van der Waals surface area contributed by atoms with Crippen LogP contribution < -0.4 is 10.2 Å². The van der Waals surface area contributed by atoms with E-state index in [0.717, 1.165) is 47.3 Å². The number of hydrogen-bond donors (Lipinski definition) is 2. The second-order valence-corrected chi connectivity index (χ2v) is 11.7. The van der Waals surface area contributed by atoms with Crippen LogP contribution in [0, 0.1) is 0 Å². The summed E-state index contributed by atoms with van der Waals surface area (Å²) >= 11 is 0. The topological polar surface area (TPSA) is 52.6 Å². The van der Waals surface area contributed by atoms with E-state index in [0.29, 0.717) is 12.3 Å². The van der Waals surface area contributed by atoms with Crippen LogP contribution in [0.5, 0.6) is 5.75 Å². The van der Waals surface area contributed by atoms with Crippen molar-refractivity contribution in [1.82, 2.24) is 0 Å². The van der Waals surface area contributed by atoms with Crippen LogP contribution in [-0.4, -0.2) is 17.7 Å². The summed E-state index contributed by atoms with van der Waals surface area (Å²) in [4.78, 5) is 15.0. The number of aromatic hydroxyl groups is 1. The number of anilines is 2. The Balaban J connectivity index is 1.56. The van der Waals surface area contributed by atoms with Crippen LogP contribution in [0.2, 0.25) is 0 Å². The predicted octanol–water partition coefficient (Wildman–Crippen LogP) is 7.37. The molecule has 3 aromatic rings. The first-order chi connectivity index (χ1) is 16.4. The molecular weight excluding hydrogens is 432 g/mol. The molecule has 0 aliphatic carbocycles. The number of nitrogens with zero attached hydrogens (tertiary/aromatic N) is 1. The quantitative estimate of drug-likeness (QED) is 0.418. The predicted molar refractivity (Wildman–Crippen MR) is 146 cm³/mol. The van der Waals surface area contributed by atoms with Gasteiger partial charge in [-0.2, -0.15) is 0 Å². The van der Waals surface area contributed by atoms with Crippen molar-refractivity contribution < 1.29 is 9.90 Å². The van der Waals surface area contributed by atoms with E-state index in [2.05, 4.69) is 71.1 Å². The average Bonchev–Trinajstić information content (AvgIpc) is 3.22. The van der Waals surface area contributed by atoms with E-state index in [1.165, 1.54) is 11.1 Å². The number of aryl methyl sites for hydroxylation is 2. The minimum atomic E-state index is -0.155. The van der Waals surface area contributed by atoms with E-state index in [4.69, 9.17) is 0 Å². The van der Waals surface area contributed by atoms with Gasteiger partial charge in [-0.1, -0.05) is 90.1 Å². The van der Waals surface area contributed by atoms with Crippen molar-refractivity contribution in [3.63, 3.8) is 0 Å². The molecule has 4 rings (SSSR count). The van der Waals surface area contributed by atoms with Crippen LogP contribution in [0.4, 0.5) is 16.2 Å². The summed E-state index contributed by atoms with van der Waals surface area (Å²) in [7, 11) is 0. The minimum Gasteiger partial charge on any atom is -0.507 e. The first-order valence-electron chi connectivity index (χ1n) is 12.6. The smallest absolute Gasteiger partial charge is 0.326 e. The molecule has 184 valence electrons. The molecule has 4 nitrogen and oxygen atoms in total. The Labute approximate surface area is 210 Å². The van der Waals surface area contributed by atoms with Crippen LogP contribution in [0.25, 0.3) is 0 Å². The van der Waals surface area contributed by atoms with E-state index < -0.39 is 0 Å². The van der Waals surface area contributed by atoms with Gasteiger partial charge in [-0.15, -0.1) is 0 Å². The fourth-order valence-electron chi connectivity index (χ4n) is 4.85. The normalized spacial score (nSPS) is 13.6. The minimum absolute atomic E-state index is 0.0860. The zero-order valence-corrected chi connectivity index (χ0v) is 21.9. The Kier molecular flexibility index (Phi) is 6.68. The molecule has 0 bridgehead atoms. The number of para-hydroxylation sites is 2. The summed E-state index contributed by atoms with van der Waals surface area (Å²) in [6.07, 6.45) is 2.51. The molecule has 4 heteroatoms. The van der Waals surface area contributed by atoms with Crippen LogP contribution in [0.15, 0.2) is 60.7 Å². The lowest BCUT2D eigenvalue weighted by molar-refractivity contribution is 0.257. The standard InChI is InChI=1S/C31H38N2O2/c1-30(2,3)24-19-21(20-25(28(24)34)31(4,5)6)15-16-22-11-7-9-13-26(22)32-29(35)33-18-17-23-12-8-10-14-27(23)33/h7-14,19-20,34H,15-18H2,1-6H3,(H,32,35). The van der Waals surface area contributed by atoms with Crippen molar-refractivity contribution in [2.75, 3.05) is 16.8 Å². The highest BCUT2D eigenvalue weighted by Gasteiger charge is 2.27. The molecule has 2 N–H and O–H groups in total. The highest BCUT2D eigenvalue weighted by Crippen LogP contribution is 2.40. The molecule has 0 aromatic heterocycles. The number of hydrogen-bond acceptors (Lipinski definition) is 2. The third-order valence-electron chi connectivity index (χ3n) is 6.86. The van der Waals surface area contributed by atoms with Gasteiger partial charge in [0.2, 0.25) is 0 Å². The maximum Gasteiger partial charge on any atom is 0.326 e. The number of urea groups is 1. The molecule has 0 atom stereocenters. The fourth-order valence-corrected chi connectivity index (χ4v) is 4.85. The van der Waals surface area contributed by atoms with Gasteiger partial charge in [0.05, 0.1) is 0 Å². The maximum absolute atomic E-state index is 13.1. The van der Waals surface area contributed by atoms with Gasteiger partial charge in [0.25, 0.3) is 0 Å². The number of carbonyl (C=O) groups excluding carboxylic acids is 1. The summed E-state index contributed by atoms with van der Waals surface area (Å²) < 4.78 is 0. The van der Waals surface area contributed by atoms with Crippen LogP contribution in [0.3, 0.4) is 0 Å². The van der Waals surface area contributed by atoms with Crippen LogP contribution in [0.1, 0.15) is 69.4 Å². The molecule has 1 heterocycles. The molecule has 2 amide bonds. The number of nitrogens with one attached hydrogen (secondary N) is 1. The van der Waals surface area contributed by atoms with Crippen molar-refractivity contribution in [3.05, 3.63) is 88.5 Å². The summed E-state index contributed by atoms with van der Waals surface area (Å²) in [5.41, 5.74) is 7.03. The number of rotatable bonds is 4. The Hall–Kier alpha value is -3.27. The second-order valence-electron chi connectivity index (χ2n) is 11.7. The first-order valence-corrected chi connectivity index (χ1v) is 12.6. The van der Waals surface area contributed by atoms with Gasteiger partial charge in [-0.3, -0.25) is 4.90 Å². The molecular formula is C31H38N2O2. The molecule has 0 spiro atoms. The average molecular weight is 471 g/mol. The Morgan fingerprint density at radius 3 is 2.14 bits per heavy atom. The lowest BCUT2D eigenvalue weighted by atomic mass is 9.78. The highest BCUT2D eigenvalue weighted by molar-refractivity contribution is 6.03. The van der Waals surface area contributed by atoms with Crippen molar-refractivity contribution in [2.24, 2.45) is 0 Å². The van der Waals surface area contributed by atoms with Crippen molar-refractivity contribution in [3.8, 4) is 5.75 Å². The SMILES string of the molecule is CC(C)(C)c1cc(CCc2ccccc2NC(=O)N2CCc3ccccc32)cc(C(C)(C)C)c1O. The maximum atomic E-state index is 13.1. The van der Waals surface area contributed by atoms with Crippen molar-refractivity contribution >= 4 is 17.4 Å². The summed E-state index contributed by atoms with van der Waals surface area (Å²) in [5.74, 6) is 0.410. The largest absolute Gasteiger partial charge is 0.507 e. The molecule has 0 saturated heterocycles. The molecule has 35 heavy (non-hydrogen) atoms. The molecule has 0 saturated carbocycles. The zero-order chi connectivity index (χ0) is 25.4. The molecule has 0 radical (unpaired) electrons. The van der Waals surface area contributed by atoms with Gasteiger partial charge in [0.15, 0.2) is 0 Å². The zero-order valence-electron chi connectivity index (χ0n) is 21.9.